The van der Waals surface area contributed by atoms with Crippen molar-refractivity contribution in [3.8, 4) is 0 Å². The van der Waals surface area contributed by atoms with Gasteiger partial charge < -0.3 is 4.98 Å². The van der Waals surface area contributed by atoms with Gasteiger partial charge >= 0.3 is 0 Å². The highest BCUT2D eigenvalue weighted by atomic mass is 14.8. The number of nitrogens with zero attached hydrogens (tertiary/aromatic N) is 1. The molecule has 0 saturated carbocycles. The lowest BCUT2D eigenvalue weighted by Gasteiger charge is -1.98. The number of nitrogens with one attached hydrogen (secondary N) is 1. The Balaban J connectivity index is 2.42. The van der Waals surface area contributed by atoms with Gasteiger partial charge in [-0.25, -0.2) is 0 Å². The maximum atomic E-state index is 4.22. The SMILES string of the molecule is C/C(=C1\C=CC=N1)c1ccc[nH]1. The lowest BCUT2D eigenvalue weighted by atomic mass is 10.2. The number of hydrogen-bond donors (Lipinski definition) is 1. The Hall–Kier alpha value is -1.57. The van der Waals surface area contributed by atoms with E-state index >= 15 is 0 Å². The second-order valence-electron chi connectivity index (χ2n) is 2.73. The van der Waals surface area contributed by atoms with Gasteiger partial charge in [-0.15, -0.1) is 0 Å². The Bertz CT molecular complexity index is 339. The number of aromatic amines is 1. The van der Waals surface area contributed by atoms with Crippen LogP contribution in [0.25, 0.3) is 5.57 Å². The Morgan fingerprint density at radius 1 is 1.50 bits per heavy atom. The lowest BCUT2D eigenvalue weighted by molar-refractivity contribution is 1.31. The third-order valence-electron chi connectivity index (χ3n) is 1.94. The van der Waals surface area contributed by atoms with E-state index in [1.54, 1.807) is 0 Å². The first-order chi connectivity index (χ1) is 5.88. The molecule has 1 aliphatic rings. The van der Waals surface area contributed by atoms with Crippen LogP contribution >= 0.6 is 0 Å². The van der Waals surface area contributed by atoms with Crippen LogP contribution < -0.4 is 0 Å². The summed E-state index contributed by atoms with van der Waals surface area (Å²) in [4.78, 5) is 7.36. The Kier molecular flexibility index (Phi) is 1.67. The van der Waals surface area contributed by atoms with E-state index in [9.17, 15) is 0 Å². The molecule has 1 aliphatic heterocycles. The van der Waals surface area contributed by atoms with Gasteiger partial charge in [0.1, 0.15) is 0 Å². The Morgan fingerprint density at radius 2 is 2.42 bits per heavy atom. The molecule has 1 aromatic rings. The summed E-state index contributed by atoms with van der Waals surface area (Å²) in [7, 11) is 0. The molecule has 2 nitrogen and oxygen atoms in total. The van der Waals surface area contributed by atoms with E-state index in [1.807, 2.05) is 36.7 Å². The number of aliphatic imine (C=N–C) groups is 1. The zero-order valence-corrected chi connectivity index (χ0v) is 6.91. The van der Waals surface area contributed by atoms with E-state index in [-0.39, 0.29) is 0 Å². The fourth-order valence-corrected chi connectivity index (χ4v) is 1.22. The predicted octanol–water partition coefficient (Wildman–Crippen LogP) is 2.39. The fourth-order valence-electron chi connectivity index (χ4n) is 1.22. The van der Waals surface area contributed by atoms with Crippen LogP contribution in [0.1, 0.15) is 12.6 Å². The van der Waals surface area contributed by atoms with Crippen LogP contribution in [0.2, 0.25) is 0 Å². The molecule has 0 bridgehead atoms. The molecule has 1 aromatic heterocycles. The predicted molar refractivity (Wildman–Crippen MR) is 51.0 cm³/mol. The maximum absolute atomic E-state index is 4.22. The number of rotatable bonds is 1. The molecule has 0 saturated heterocycles. The van der Waals surface area contributed by atoms with Crippen LogP contribution in [0.15, 0.2) is 41.2 Å². The summed E-state index contributed by atoms with van der Waals surface area (Å²) < 4.78 is 0. The molecule has 1 N–H and O–H groups in total. The maximum Gasteiger partial charge on any atom is 0.0680 e. The molecule has 0 unspecified atom stereocenters. The molecule has 0 aromatic carbocycles. The van der Waals surface area contributed by atoms with Gasteiger partial charge in [0, 0.05) is 18.1 Å². The van der Waals surface area contributed by atoms with Crippen molar-refractivity contribution in [2.24, 2.45) is 4.99 Å². The van der Waals surface area contributed by atoms with E-state index in [1.165, 1.54) is 5.57 Å². The first-order valence-electron chi connectivity index (χ1n) is 3.93. The minimum absolute atomic E-state index is 1.04. The zero-order chi connectivity index (χ0) is 8.39. The van der Waals surface area contributed by atoms with Crippen molar-refractivity contribution in [3.63, 3.8) is 0 Å². The molecule has 60 valence electrons. The van der Waals surface area contributed by atoms with Crippen molar-refractivity contribution in [1.29, 1.82) is 0 Å². The molecule has 2 rings (SSSR count). The van der Waals surface area contributed by atoms with Crippen LogP contribution in [0.4, 0.5) is 0 Å². The molecular weight excluding hydrogens is 148 g/mol. The van der Waals surface area contributed by atoms with Gasteiger partial charge in [-0.3, -0.25) is 4.99 Å². The summed E-state index contributed by atoms with van der Waals surface area (Å²) in [5, 5.41) is 0. The highest BCUT2D eigenvalue weighted by molar-refractivity contribution is 5.81. The van der Waals surface area contributed by atoms with Crippen LogP contribution in [-0.2, 0) is 0 Å². The van der Waals surface area contributed by atoms with Crippen molar-refractivity contribution >= 4 is 11.8 Å². The highest BCUT2D eigenvalue weighted by Crippen LogP contribution is 2.19. The first-order valence-corrected chi connectivity index (χ1v) is 3.93. The number of aromatic nitrogens is 1. The van der Waals surface area contributed by atoms with E-state index in [4.69, 9.17) is 0 Å². The number of hydrogen-bond acceptors (Lipinski definition) is 1. The van der Waals surface area contributed by atoms with Gasteiger partial charge in [0.2, 0.25) is 0 Å². The topological polar surface area (TPSA) is 28.1 Å². The smallest absolute Gasteiger partial charge is 0.0680 e. The standard InChI is InChI=1S/C10H10N2/c1-8(9-4-2-6-11-9)10-5-3-7-12-10/h2-7,11H,1H3/b10-8-. The van der Waals surface area contributed by atoms with Crippen LogP contribution in [-0.4, -0.2) is 11.2 Å². The van der Waals surface area contributed by atoms with E-state index < -0.39 is 0 Å². The molecule has 12 heavy (non-hydrogen) atoms. The van der Waals surface area contributed by atoms with Gasteiger partial charge in [0.05, 0.1) is 5.70 Å². The minimum Gasteiger partial charge on any atom is -0.361 e. The molecule has 0 amide bonds. The van der Waals surface area contributed by atoms with Crippen LogP contribution in [0, 0.1) is 0 Å². The second kappa shape index (κ2) is 2.81. The largest absolute Gasteiger partial charge is 0.361 e. The van der Waals surface area contributed by atoms with Crippen molar-refractivity contribution in [2.75, 3.05) is 0 Å². The fraction of sp³-hybridized carbons (Fsp3) is 0.100. The van der Waals surface area contributed by atoms with Gasteiger partial charge in [-0.2, -0.15) is 0 Å². The number of H-pyrrole nitrogens is 1. The van der Waals surface area contributed by atoms with Crippen LogP contribution in [0.3, 0.4) is 0 Å². The summed E-state index contributed by atoms with van der Waals surface area (Å²) in [6, 6.07) is 4.03. The average Bonchev–Trinajstić information content (AvgIpc) is 2.77. The van der Waals surface area contributed by atoms with Crippen LogP contribution in [0.5, 0.6) is 0 Å². The molecule has 0 aliphatic carbocycles. The Morgan fingerprint density at radius 3 is 3.00 bits per heavy atom. The van der Waals surface area contributed by atoms with E-state index in [2.05, 4.69) is 16.9 Å². The van der Waals surface area contributed by atoms with Crippen molar-refractivity contribution in [2.45, 2.75) is 6.92 Å². The molecule has 0 atom stereocenters. The van der Waals surface area contributed by atoms with E-state index in [0.717, 1.165) is 11.4 Å². The second-order valence-corrected chi connectivity index (χ2v) is 2.73. The van der Waals surface area contributed by atoms with Gasteiger partial charge in [-0.1, -0.05) is 0 Å². The molecule has 0 spiro atoms. The summed E-state index contributed by atoms with van der Waals surface area (Å²) >= 11 is 0. The highest BCUT2D eigenvalue weighted by Gasteiger charge is 2.02. The van der Waals surface area contributed by atoms with Crippen molar-refractivity contribution < 1.29 is 0 Å². The third-order valence-corrected chi connectivity index (χ3v) is 1.94. The number of allylic oxidation sites excluding steroid dienone is 3. The van der Waals surface area contributed by atoms with E-state index in [0.29, 0.717) is 0 Å². The summed E-state index contributed by atoms with van der Waals surface area (Å²) in [5.74, 6) is 0. The van der Waals surface area contributed by atoms with Gasteiger partial charge in [0.25, 0.3) is 0 Å². The molecular formula is C10H10N2. The minimum atomic E-state index is 1.04. The monoisotopic (exact) mass is 158 g/mol. The molecule has 2 heteroatoms. The molecule has 0 fully saturated rings. The quantitative estimate of drug-likeness (QED) is 0.650. The molecule has 2 heterocycles. The zero-order valence-electron chi connectivity index (χ0n) is 6.91. The summed E-state index contributed by atoms with van der Waals surface area (Å²) in [6.07, 6.45) is 7.68. The van der Waals surface area contributed by atoms with Gasteiger partial charge in [-0.05, 0) is 36.8 Å². The molecule has 0 radical (unpaired) electrons. The Labute approximate surface area is 71.3 Å². The lowest BCUT2D eigenvalue weighted by Crippen LogP contribution is -1.81. The van der Waals surface area contributed by atoms with Crippen molar-refractivity contribution in [1.82, 2.24) is 4.98 Å². The average molecular weight is 158 g/mol. The third kappa shape index (κ3) is 1.11. The summed E-state index contributed by atoms with van der Waals surface area (Å²) in [6.45, 7) is 2.06. The normalized spacial score (nSPS) is 18.8. The van der Waals surface area contributed by atoms with Gasteiger partial charge in [0.15, 0.2) is 0 Å². The summed E-state index contributed by atoms with van der Waals surface area (Å²) in [5.41, 5.74) is 3.36. The van der Waals surface area contributed by atoms with Crippen molar-refractivity contribution in [3.05, 3.63) is 41.9 Å². The first kappa shape index (κ1) is 7.10.